The first-order chi connectivity index (χ1) is 11.2. The lowest BCUT2D eigenvalue weighted by molar-refractivity contribution is -0.114. The summed E-state index contributed by atoms with van der Waals surface area (Å²) in [5, 5.41) is 12.4. The molecule has 0 fully saturated rings. The van der Waals surface area contributed by atoms with Crippen molar-refractivity contribution in [3.63, 3.8) is 0 Å². The Hall–Kier alpha value is -2.54. The van der Waals surface area contributed by atoms with Crippen molar-refractivity contribution >= 4 is 27.3 Å². The molecule has 0 unspecified atom stereocenters. The van der Waals surface area contributed by atoms with E-state index >= 15 is 0 Å². The number of phenolic OH excluding ortho intramolecular Hbond substituents is 1. The number of sulfonamides is 1. The van der Waals surface area contributed by atoms with Gasteiger partial charge in [0, 0.05) is 0 Å². The fourth-order valence-electron chi connectivity index (χ4n) is 2.29. The van der Waals surface area contributed by atoms with Gasteiger partial charge in [-0.1, -0.05) is 24.3 Å². The summed E-state index contributed by atoms with van der Waals surface area (Å²) in [5.41, 5.74) is 2.28. The highest BCUT2D eigenvalue weighted by Gasteiger charge is 2.22. The number of rotatable bonds is 5. The van der Waals surface area contributed by atoms with E-state index in [0.29, 0.717) is 5.69 Å². The lowest BCUT2D eigenvalue weighted by Gasteiger charge is -2.23. The molecule has 2 aromatic rings. The van der Waals surface area contributed by atoms with Crippen LogP contribution in [-0.2, 0) is 14.8 Å². The summed E-state index contributed by atoms with van der Waals surface area (Å²) >= 11 is 0. The van der Waals surface area contributed by atoms with Crippen LogP contribution in [0.2, 0.25) is 0 Å². The molecule has 7 heteroatoms. The van der Waals surface area contributed by atoms with Gasteiger partial charge in [-0.3, -0.25) is 9.10 Å². The van der Waals surface area contributed by atoms with Crippen molar-refractivity contribution in [2.75, 3.05) is 22.4 Å². The third-order valence-corrected chi connectivity index (χ3v) is 4.63. The summed E-state index contributed by atoms with van der Waals surface area (Å²) in [5.74, 6) is -0.604. The summed E-state index contributed by atoms with van der Waals surface area (Å²) in [4.78, 5) is 12.3. The van der Waals surface area contributed by atoms with E-state index in [-0.39, 0.29) is 18.0 Å². The summed E-state index contributed by atoms with van der Waals surface area (Å²) in [6, 6.07) is 11.8. The van der Waals surface area contributed by atoms with E-state index in [4.69, 9.17) is 0 Å². The number of anilines is 2. The Morgan fingerprint density at radius 1 is 1.17 bits per heavy atom. The van der Waals surface area contributed by atoms with Crippen LogP contribution in [0.25, 0.3) is 0 Å². The van der Waals surface area contributed by atoms with Gasteiger partial charge in [-0.15, -0.1) is 0 Å². The molecule has 0 saturated carbocycles. The number of para-hydroxylation sites is 1. The van der Waals surface area contributed by atoms with Gasteiger partial charge in [-0.25, -0.2) is 8.42 Å². The summed E-state index contributed by atoms with van der Waals surface area (Å²) in [6.45, 7) is 3.21. The molecule has 0 aliphatic heterocycles. The van der Waals surface area contributed by atoms with E-state index in [2.05, 4.69) is 5.32 Å². The zero-order valence-electron chi connectivity index (χ0n) is 13.8. The molecule has 0 spiro atoms. The van der Waals surface area contributed by atoms with Gasteiger partial charge in [0.2, 0.25) is 15.9 Å². The molecule has 2 aromatic carbocycles. The smallest absolute Gasteiger partial charge is 0.245 e. The monoisotopic (exact) mass is 348 g/mol. The second-order valence-electron chi connectivity index (χ2n) is 5.62. The number of amides is 1. The van der Waals surface area contributed by atoms with E-state index in [0.717, 1.165) is 21.7 Å². The average Bonchev–Trinajstić information content (AvgIpc) is 2.47. The fraction of sp³-hybridized carbons (Fsp3) is 0.235. The predicted octanol–water partition coefficient (Wildman–Crippen LogP) is 2.41. The molecule has 6 nitrogen and oxygen atoms in total. The van der Waals surface area contributed by atoms with Crippen molar-refractivity contribution in [2.24, 2.45) is 0 Å². The van der Waals surface area contributed by atoms with Gasteiger partial charge in [-0.2, -0.15) is 0 Å². The second kappa shape index (κ2) is 6.92. The van der Waals surface area contributed by atoms with Crippen LogP contribution >= 0.6 is 0 Å². The third kappa shape index (κ3) is 4.26. The van der Waals surface area contributed by atoms with Crippen molar-refractivity contribution in [1.29, 1.82) is 0 Å². The molecule has 2 N–H and O–H groups in total. The number of benzene rings is 2. The van der Waals surface area contributed by atoms with E-state index in [1.165, 1.54) is 6.07 Å². The standard InChI is InChI=1S/C17H20N2O4S/c1-12-8-9-14(16(20)10-12)18-17(21)11-19(24(3,22)23)15-7-5-4-6-13(15)2/h4-10,20H,11H2,1-3H3,(H,18,21). The SMILES string of the molecule is Cc1ccc(NC(=O)CN(c2ccccc2C)S(C)(=O)=O)c(O)c1. The molecular formula is C17H20N2O4S. The first-order valence-corrected chi connectivity index (χ1v) is 9.16. The molecule has 0 atom stereocenters. The van der Waals surface area contributed by atoms with E-state index in [1.807, 2.05) is 6.92 Å². The highest BCUT2D eigenvalue weighted by Crippen LogP contribution is 2.25. The van der Waals surface area contributed by atoms with Crippen LogP contribution in [0, 0.1) is 13.8 Å². The van der Waals surface area contributed by atoms with Gasteiger partial charge in [0.1, 0.15) is 12.3 Å². The van der Waals surface area contributed by atoms with Gasteiger partial charge in [0.25, 0.3) is 0 Å². The van der Waals surface area contributed by atoms with Crippen LogP contribution in [0.1, 0.15) is 11.1 Å². The van der Waals surface area contributed by atoms with Crippen LogP contribution in [0.3, 0.4) is 0 Å². The average molecular weight is 348 g/mol. The molecule has 0 radical (unpaired) electrons. The molecule has 0 saturated heterocycles. The maximum Gasteiger partial charge on any atom is 0.245 e. The third-order valence-electron chi connectivity index (χ3n) is 3.50. The second-order valence-corrected chi connectivity index (χ2v) is 7.53. The number of hydrogen-bond donors (Lipinski definition) is 2. The molecule has 2 rings (SSSR count). The largest absolute Gasteiger partial charge is 0.506 e. The Morgan fingerprint density at radius 2 is 1.83 bits per heavy atom. The molecular weight excluding hydrogens is 328 g/mol. The van der Waals surface area contributed by atoms with Crippen molar-refractivity contribution in [2.45, 2.75) is 13.8 Å². The minimum Gasteiger partial charge on any atom is -0.506 e. The number of nitrogens with zero attached hydrogens (tertiary/aromatic N) is 1. The number of carbonyl (C=O) groups excluding carboxylic acids is 1. The molecule has 128 valence electrons. The molecule has 0 aliphatic carbocycles. The Morgan fingerprint density at radius 3 is 2.42 bits per heavy atom. The van der Waals surface area contributed by atoms with Crippen molar-refractivity contribution in [3.8, 4) is 5.75 Å². The zero-order valence-corrected chi connectivity index (χ0v) is 14.6. The number of aryl methyl sites for hydroxylation is 2. The minimum atomic E-state index is -3.63. The molecule has 0 bridgehead atoms. The molecule has 1 amide bonds. The number of carbonyl (C=O) groups is 1. The van der Waals surface area contributed by atoms with Gasteiger partial charge in [0.05, 0.1) is 17.6 Å². The van der Waals surface area contributed by atoms with E-state index in [1.54, 1.807) is 43.3 Å². The topological polar surface area (TPSA) is 86.7 Å². The van der Waals surface area contributed by atoms with Crippen LogP contribution in [0.5, 0.6) is 5.75 Å². The van der Waals surface area contributed by atoms with Crippen LogP contribution in [0.4, 0.5) is 11.4 Å². The van der Waals surface area contributed by atoms with Gasteiger partial charge < -0.3 is 10.4 Å². The Kier molecular flexibility index (Phi) is 5.14. The lowest BCUT2D eigenvalue weighted by atomic mass is 10.2. The van der Waals surface area contributed by atoms with Crippen LogP contribution < -0.4 is 9.62 Å². The molecule has 0 aromatic heterocycles. The quantitative estimate of drug-likeness (QED) is 0.813. The Balaban J connectivity index is 2.24. The number of hydrogen-bond acceptors (Lipinski definition) is 4. The Labute approximate surface area is 141 Å². The summed E-state index contributed by atoms with van der Waals surface area (Å²) in [7, 11) is -3.63. The van der Waals surface area contributed by atoms with Crippen LogP contribution in [-0.4, -0.2) is 32.2 Å². The Bertz CT molecular complexity index is 863. The highest BCUT2D eigenvalue weighted by molar-refractivity contribution is 7.92. The zero-order chi connectivity index (χ0) is 17.9. The van der Waals surface area contributed by atoms with Crippen LogP contribution in [0.15, 0.2) is 42.5 Å². The van der Waals surface area contributed by atoms with Crippen molar-refractivity contribution in [3.05, 3.63) is 53.6 Å². The normalized spacial score (nSPS) is 11.1. The number of nitrogens with one attached hydrogen (secondary N) is 1. The van der Waals surface area contributed by atoms with Gasteiger partial charge in [0.15, 0.2) is 0 Å². The van der Waals surface area contributed by atoms with E-state index < -0.39 is 15.9 Å². The first kappa shape index (κ1) is 17.8. The first-order valence-electron chi connectivity index (χ1n) is 7.31. The number of phenols is 1. The number of aromatic hydroxyl groups is 1. The van der Waals surface area contributed by atoms with Gasteiger partial charge >= 0.3 is 0 Å². The summed E-state index contributed by atoms with van der Waals surface area (Å²) < 4.78 is 25.2. The maximum atomic E-state index is 12.3. The predicted molar refractivity (Wildman–Crippen MR) is 94.8 cm³/mol. The van der Waals surface area contributed by atoms with Gasteiger partial charge in [-0.05, 0) is 43.2 Å². The van der Waals surface area contributed by atoms with Crippen molar-refractivity contribution < 1.29 is 18.3 Å². The van der Waals surface area contributed by atoms with E-state index in [9.17, 15) is 18.3 Å². The minimum absolute atomic E-state index is 0.0647. The molecule has 24 heavy (non-hydrogen) atoms. The highest BCUT2D eigenvalue weighted by atomic mass is 32.2. The molecule has 0 aliphatic rings. The van der Waals surface area contributed by atoms with Crippen molar-refractivity contribution in [1.82, 2.24) is 0 Å². The lowest BCUT2D eigenvalue weighted by Crippen LogP contribution is -2.37. The summed E-state index contributed by atoms with van der Waals surface area (Å²) in [6.07, 6.45) is 1.05. The fourth-order valence-corrected chi connectivity index (χ4v) is 3.21. The molecule has 0 heterocycles. The maximum absolute atomic E-state index is 12.3.